The molecule has 1 aromatic carbocycles. The molecule has 3 aromatic rings. The van der Waals surface area contributed by atoms with Crippen molar-refractivity contribution < 1.29 is 18.3 Å². The van der Waals surface area contributed by atoms with Crippen LogP contribution < -0.4 is 11.2 Å². The highest BCUT2D eigenvalue weighted by Crippen LogP contribution is 2.43. The lowest BCUT2D eigenvalue weighted by Gasteiger charge is -2.17. The Morgan fingerprint density at radius 3 is 2.50 bits per heavy atom. The van der Waals surface area contributed by atoms with E-state index >= 15 is 0 Å². The smallest absolute Gasteiger partial charge is 0.396 e. The highest BCUT2D eigenvalue weighted by Gasteiger charge is 2.36. The SMILES string of the molecule is O=c1[nH]c(=O)c2cc(C(F)(F)F)c(Cl)c(SCC(CO)c3ncccn3)c2[nH]1. The second-order valence-electron chi connectivity index (χ2n) is 5.69. The molecule has 0 aliphatic rings. The van der Waals surface area contributed by atoms with Crippen LogP contribution in [0.1, 0.15) is 17.3 Å². The third-order valence-corrected chi connectivity index (χ3v) is 5.61. The molecule has 0 radical (unpaired) electrons. The fraction of sp³-hybridized carbons (Fsp3) is 0.250. The van der Waals surface area contributed by atoms with Crippen LogP contribution in [-0.2, 0) is 6.18 Å². The largest absolute Gasteiger partial charge is 0.417 e. The summed E-state index contributed by atoms with van der Waals surface area (Å²) in [6, 6.07) is 2.18. The van der Waals surface area contributed by atoms with Gasteiger partial charge in [-0.3, -0.25) is 9.78 Å². The van der Waals surface area contributed by atoms with E-state index in [1.54, 1.807) is 6.07 Å². The molecule has 0 saturated carbocycles. The van der Waals surface area contributed by atoms with Gasteiger partial charge in [0.1, 0.15) is 5.82 Å². The molecule has 7 nitrogen and oxygen atoms in total. The summed E-state index contributed by atoms with van der Waals surface area (Å²) in [4.78, 5) is 35.8. The number of alkyl halides is 3. The summed E-state index contributed by atoms with van der Waals surface area (Å²) in [6.45, 7) is -0.359. The third-order valence-electron chi connectivity index (χ3n) is 3.84. The van der Waals surface area contributed by atoms with Gasteiger partial charge in [0.25, 0.3) is 5.56 Å². The second-order valence-corrected chi connectivity index (χ2v) is 7.10. The van der Waals surface area contributed by atoms with Crippen molar-refractivity contribution in [2.24, 2.45) is 0 Å². The maximum Gasteiger partial charge on any atom is 0.417 e. The second kappa shape index (κ2) is 7.94. The number of hydrogen-bond donors (Lipinski definition) is 3. The van der Waals surface area contributed by atoms with Crippen molar-refractivity contribution in [3.8, 4) is 0 Å². The number of halogens is 4. The van der Waals surface area contributed by atoms with Crippen molar-refractivity contribution in [3.63, 3.8) is 0 Å². The van der Waals surface area contributed by atoms with Crippen LogP contribution in [0.4, 0.5) is 13.2 Å². The van der Waals surface area contributed by atoms with Crippen molar-refractivity contribution in [3.05, 3.63) is 61.8 Å². The minimum Gasteiger partial charge on any atom is -0.396 e. The lowest BCUT2D eigenvalue weighted by atomic mass is 10.1. The van der Waals surface area contributed by atoms with Crippen LogP contribution in [0.15, 0.2) is 39.0 Å². The minimum atomic E-state index is -4.80. The summed E-state index contributed by atoms with van der Waals surface area (Å²) in [5, 5.41) is 8.60. The zero-order chi connectivity index (χ0) is 20.5. The monoisotopic (exact) mass is 432 g/mol. The number of aliphatic hydroxyl groups is 1. The van der Waals surface area contributed by atoms with E-state index in [1.807, 2.05) is 4.98 Å². The lowest BCUT2D eigenvalue weighted by molar-refractivity contribution is -0.137. The summed E-state index contributed by atoms with van der Waals surface area (Å²) in [7, 11) is 0. The predicted molar refractivity (Wildman–Crippen MR) is 97.8 cm³/mol. The van der Waals surface area contributed by atoms with E-state index in [9.17, 15) is 27.9 Å². The van der Waals surface area contributed by atoms with Gasteiger partial charge in [0.05, 0.1) is 38.9 Å². The number of fused-ring (bicyclic) bond motifs is 1. The summed E-state index contributed by atoms with van der Waals surface area (Å²) in [5.74, 6) is -0.234. The molecule has 0 spiro atoms. The molecule has 2 heterocycles. The normalized spacial score (nSPS) is 13.0. The molecule has 1 atom stereocenters. The zero-order valence-corrected chi connectivity index (χ0v) is 15.5. The number of aromatic nitrogens is 4. The minimum absolute atomic E-state index is 0.0610. The number of aromatic amines is 2. The van der Waals surface area contributed by atoms with Crippen molar-refractivity contribution in [1.29, 1.82) is 0 Å². The first-order valence-corrected chi connectivity index (χ1v) is 9.15. The van der Waals surface area contributed by atoms with Gasteiger partial charge in [-0.05, 0) is 12.1 Å². The van der Waals surface area contributed by atoms with E-state index < -0.39 is 33.9 Å². The summed E-state index contributed by atoms with van der Waals surface area (Å²) in [6.07, 6.45) is -1.86. The maximum atomic E-state index is 13.4. The molecule has 3 N–H and O–H groups in total. The van der Waals surface area contributed by atoms with Crippen LogP contribution in [0.5, 0.6) is 0 Å². The molecule has 0 bridgehead atoms. The van der Waals surface area contributed by atoms with E-state index in [-0.39, 0.29) is 28.2 Å². The van der Waals surface area contributed by atoms with Crippen LogP contribution in [0, 0.1) is 0 Å². The molecule has 0 saturated heterocycles. The molecule has 3 rings (SSSR count). The standard InChI is InChI=1S/C16H12ClF3N4O3S/c17-10-9(16(18,19)20)4-8-11(23-15(27)24-14(8)26)12(10)28-6-7(5-25)13-21-2-1-3-22-13/h1-4,7,25H,5-6H2,(H2,23,24,26,27). The average molecular weight is 433 g/mol. The fourth-order valence-electron chi connectivity index (χ4n) is 2.51. The topological polar surface area (TPSA) is 112 Å². The van der Waals surface area contributed by atoms with Gasteiger partial charge in [0.2, 0.25) is 0 Å². The van der Waals surface area contributed by atoms with E-state index in [1.165, 1.54) is 12.4 Å². The van der Waals surface area contributed by atoms with Crippen LogP contribution in [0.25, 0.3) is 10.9 Å². The Bertz CT molecular complexity index is 1120. The van der Waals surface area contributed by atoms with Crippen LogP contribution >= 0.6 is 23.4 Å². The molecule has 12 heteroatoms. The van der Waals surface area contributed by atoms with Crippen molar-refractivity contribution >= 4 is 34.3 Å². The van der Waals surface area contributed by atoms with E-state index in [4.69, 9.17) is 11.6 Å². The quantitative estimate of drug-likeness (QED) is 0.534. The van der Waals surface area contributed by atoms with Crippen molar-refractivity contribution in [1.82, 2.24) is 19.9 Å². The van der Waals surface area contributed by atoms with Gasteiger partial charge in [-0.1, -0.05) is 11.6 Å². The predicted octanol–water partition coefficient (Wildman–Crippen LogP) is 2.55. The van der Waals surface area contributed by atoms with E-state index in [0.717, 1.165) is 11.8 Å². The van der Waals surface area contributed by atoms with Crippen molar-refractivity contribution in [2.45, 2.75) is 17.0 Å². The molecule has 0 aliphatic carbocycles. The Labute approximate surface area is 164 Å². The Morgan fingerprint density at radius 1 is 1.21 bits per heavy atom. The zero-order valence-electron chi connectivity index (χ0n) is 13.9. The number of hydrogen-bond acceptors (Lipinski definition) is 6. The van der Waals surface area contributed by atoms with Gasteiger partial charge in [0.15, 0.2) is 0 Å². The number of aliphatic hydroxyl groups excluding tert-OH is 1. The van der Waals surface area contributed by atoms with Crippen LogP contribution in [0.3, 0.4) is 0 Å². The van der Waals surface area contributed by atoms with Crippen molar-refractivity contribution in [2.75, 3.05) is 12.4 Å². The Hall–Kier alpha value is -2.37. The first-order chi connectivity index (χ1) is 13.2. The van der Waals surface area contributed by atoms with Gasteiger partial charge in [0, 0.05) is 18.1 Å². The first-order valence-electron chi connectivity index (χ1n) is 7.79. The Balaban J connectivity index is 2.12. The summed E-state index contributed by atoms with van der Waals surface area (Å²) < 4.78 is 40.1. The van der Waals surface area contributed by atoms with Crippen LogP contribution in [-0.4, -0.2) is 37.4 Å². The third kappa shape index (κ3) is 4.05. The first kappa shape index (κ1) is 20.4. The number of H-pyrrole nitrogens is 2. The molecule has 0 amide bonds. The number of thioether (sulfide) groups is 1. The fourth-order valence-corrected chi connectivity index (χ4v) is 4.09. The van der Waals surface area contributed by atoms with Gasteiger partial charge in [-0.2, -0.15) is 13.2 Å². The summed E-state index contributed by atoms with van der Waals surface area (Å²) >= 11 is 6.84. The van der Waals surface area contributed by atoms with E-state index in [0.29, 0.717) is 11.9 Å². The van der Waals surface area contributed by atoms with Gasteiger partial charge in [-0.15, -0.1) is 11.8 Å². The highest BCUT2D eigenvalue weighted by atomic mass is 35.5. The highest BCUT2D eigenvalue weighted by molar-refractivity contribution is 7.99. The summed E-state index contributed by atoms with van der Waals surface area (Å²) in [5.41, 5.74) is -3.14. The molecule has 28 heavy (non-hydrogen) atoms. The number of nitrogens with one attached hydrogen (secondary N) is 2. The van der Waals surface area contributed by atoms with Gasteiger partial charge in [-0.25, -0.2) is 14.8 Å². The number of nitrogens with zero attached hydrogens (tertiary/aromatic N) is 2. The molecular formula is C16H12ClF3N4O3S. The Morgan fingerprint density at radius 2 is 1.89 bits per heavy atom. The molecule has 1 unspecified atom stereocenters. The Kier molecular flexibility index (Phi) is 5.77. The molecule has 0 fully saturated rings. The van der Waals surface area contributed by atoms with E-state index in [2.05, 4.69) is 15.0 Å². The van der Waals surface area contributed by atoms with Gasteiger partial charge >= 0.3 is 11.9 Å². The number of rotatable bonds is 5. The van der Waals surface area contributed by atoms with Gasteiger partial charge < -0.3 is 10.1 Å². The average Bonchev–Trinajstić information content (AvgIpc) is 2.63. The molecule has 2 aromatic heterocycles. The number of benzene rings is 1. The molecule has 0 aliphatic heterocycles. The lowest BCUT2D eigenvalue weighted by Crippen LogP contribution is -2.23. The molecule has 148 valence electrons. The van der Waals surface area contributed by atoms with Crippen LogP contribution in [0.2, 0.25) is 5.02 Å². The molecular weight excluding hydrogens is 421 g/mol. The maximum absolute atomic E-state index is 13.4.